The number of aromatic hydroxyl groups is 1. The van der Waals surface area contributed by atoms with Crippen molar-refractivity contribution in [3.63, 3.8) is 0 Å². The molecule has 1 aliphatic carbocycles. The van der Waals surface area contributed by atoms with Crippen LogP contribution in [0.3, 0.4) is 0 Å². The highest BCUT2D eigenvalue weighted by molar-refractivity contribution is 5.97. The van der Waals surface area contributed by atoms with E-state index in [4.69, 9.17) is 0 Å². The van der Waals surface area contributed by atoms with Gasteiger partial charge in [-0.15, -0.1) is 0 Å². The summed E-state index contributed by atoms with van der Waals surface area (Å²) in [6.45, 7) is 3.73. The number of hydrogen-bond acceptors (Lipinski definition) is 4. The Bertz CT molecular complexity index is 582. The Morgan fingerprint density at radius 2 is 1.88 bits per heavy atom. The van der Waals surface area contributed by atoms with Gasteiger partial charge in [-0.3, -0.25) is 9.69 Å². The summed E-state index contributed by atoms with van der Waals surface area (Å²) in [4.78, 5) is 14.8. The Morgan fingerprint density at radius 1 is 1.17 bits per heavy atom. The second-order valence-corrected chi connectivity index (χ2v) is 7.22. The van der Waals surface area contributed by atoms with Gasteiger partial charge in [-0.05, 0) is 44.7 Å². The van der Waals surface area contributed by atoms with Crippen molar-refractivity contribution in [1.82, 2.24) is 10.2 Å². The zero-order chi connectivity index (χ0) is 17.1. The van der Waals surface area contributed by atoms with Crippen LogP contribution in [0.2, 0.25) is 0 Å². The Morgan fingerprint density at radius 3 is 2.58 bits per heavy atom. The van der Waals surface area contributed by atoms with Gasteiger partial charge in [0.25, 0.3) is 5.91 Å². The molecule has 1 aliphatic heterocycles. The second-order valence-electron chi connectivity index (χ2n) is 7.22. The minimum atomic E-state index is -0.202. The fourth-order valence-corrected chi connectivity index (χ4v) is 3.99. The number of aliphatic hydroxyl groups excluding tert-OH is 1. The lowest BCUT2D eigenvalue weighted by atomic mass is 9.89. The van der Waals surface area contributed by atoms with Crippen molar-refractivity contribution in [1.29, 1.82) is 0 Å². The molecule has 2 unspecified atom stereocenters. The molecule has 0 bridgehead atoms. The lowest BCUT2D eigenvalue weighted by Crippen LogP contribution is -2.52. The smallest absolute Gasteiger partial charge is 0.255 e. The summed E-state index contributed by atoms with van der Waals surface area (Å²) >= 11 is 0. The quantitative estimate of drug-likeness (QED) is 0.793. The molecule has 24 heavy (non-hydrogen) atoms. The first-order valence-electron chi connectivity index (χ1n) is 9.07. The zero-order valence-electron chi connectivity index (χ0n) is 14.4. The van der Waals surface area contributed by atoms with Crippen molar-refractivity contribution >= 4 is 5.91 Å². The molecule has 0 aromatic heterocycles. The highest BCUT2D eigenvalue weighted by Crippen LogP contribution is 2.26. The maximum atomic E-state index is 12.4. The van der Waals surface area contributed by atoms with Gasteiger partial charge in [-0.1, -0.05) is 24.5 Å². The lowest BCUT2D eigenvalue weighted by Gasteiger charge is -2.41. The molecule has 2 fully saturated rings. The fraction of sp³-hybridized carbons (Fsp3) is 0.632. The van der Waals surface area contributed by atoms with Crippen LogP contribution >= 0.6 is 0 Å². The number of phenols is 1. The normalized spacial score (nSPS) is 26.2. The largest absolute Gasteiger partial charge is 0.507 e. The molecular formula is C19H28N2O3. The third kappa shape index (κ3) is 3.90. The SMILES string of the molecule is Cc1ccc(O)c(C(=O)NC2CCN(C3CCCCC3O)CC2)c1. The Kier molecular flexibility index (Phi) is 5.41. The maximum Gasteiger partial charge on any atom is 0.255 e. The number of aryl methyl sites for hydroxylation is 1. The molecule has 132 valence electrons. The molecule has 1 saturated heterocycles. The van der Waals surface area contributed by atoms with Crippen molar-refractivity contribution in [2.45, 2.75) is 63.6 Å². The molecular weight excluding hydrogens is 304 g/mol. The van der Waals surface area contributed by atoms with Crippen LogP contribution in [-0.4, -0.2) is 52.3 Å². The van der Waals surface area contributed by atoms with Crippen molar-refractivity contribution < 1.29 is 15.0 Å². The van der Waals surface area contributed by atoms with Crippen molar-refractivity contribution in [2.24, 2.45) is 0 Å². The number of nitrogens with zero attached hydrogens (tertiary/aromatic N) is 1. The highest BCUT2D eigenvalue weighted by atomic mass is 16.3. The number of carbonyl (C=O) groups is 1. The molecule has 2 atom stereocenters. The fourth-order valence-electron chi connectivity index (χ4n) is 3.99. The van der Waals surface area contributed by atoms with E-state index in [0.29, 0.717) is 5.56 Å². The summed E-state index contributed by atoms with van der Waals surface area (Å²) in [5.41, 5.74) is 1.30. The van der Waals surface area contributed by atoms with Crippen LogP contribution in [-0.2, 0) is 0 Å². The van der Waals surface area contributed by atoms with E-state index in [-0.39, 0.29) is 29.8 Å². The van der Waals surface area contributed by atoms with Crippen LogP contribution < -0.4 is 5.32 Å². The van der Waals surface area contributed by atoms with E-state index in [1.807, 2.05) is 6.92 Å². The van der Waals surface area contributed by atoms with Gasteiger partial charge in [-0.2, -0.15) is 0 Å². The van der Waals surface area contributed by atoms with Crippen LogP contribution in [0.1, 0.15) is 54.4 Å². The van der Waals surface area contributed by atoms with Gasteiger partial charge >= 0.3 is 0 Å². The van der Waals surface area contributed by atoms with Gasteiger partial charge in [0.2, 0.25) is 0 Å². The summed E-state index contributed by atoms with van der Waals surface area (Å²) < 4.78 is 0. The van der Waals surface area contributed by atoms with Crippen LogP contribution in [0.5, 0.6) is 5.75 Å². The van der Waals surface area contributed by atoms with E-state index in [1.165, 1.54) is 6.42 Å². The number of piperidine rings is 1. The number of likely N-dealkylation sites (tertiary alicyclic amines) is 1. The lowest BCUT2D eigenvalue weighted by molar-refractivity contribution is 0.00727. The third-order valence-electron chi connectivity index (χ3n) is 5.42. The van der Waals surface area contributed by atoms with Crippen molar-refractivity contribution in [3.05, 3.63) is 29.3 Å². The third-order valence-corrected chi connectivity index (χ3v) is 5.42. The molecule has 3 rings (SSSR count). The van der Waals surface area contributed by atoms with Gasteiger partial charge in [-0.25, -0.2) is 0 Å². The molecule has 1 aromatic carbocycles. The second kappa shape index (κ2) is 7.53. The molecule has 1 heterocycles. The first-order valence-corrected chi connectivity index (χ1v) is 9.07. The van der Waals surface area contributed by atoms with Crippen molar-refractivity contribution in [3.8, 4) is 5.75 Å². The first kappa shape index (κ1) is 17.2. The molecule has 2 aliphatic rings. The number of phenolic OH excluding ortho intramolecular Hbond substituents is 1. The van der Waals surface area contributed by atoms with Crippen LogP contribution in [0, 0.1) is 6.92 Å². The molecule has 3 N–H and O–H groups in total. The van der Waals surface area contributed by atoms with Gasteiger partial charge < -0.3 is 15.5 Å². The number of benzene rings is 1. The first-order chi connectivity index (χ1) is 11.5. The van der Waals surface area contributed by atoms with Crippen LogP contribution in [0.4, 0.5) is 0 Å². The summed E-state index contributed by atoms with van der Waals surface area (Å²) in [5, 5.41) is 23.1. The number of amides is 1. The molecule has 1 aromatic rings. The molecule has 1 saturated carbocycles. The average molecular weight is 332 g/mol. The van der Waals surface area contributed by atoms with Gasteiger partial charge in [0.05, 0.1) is 11.7 Å². The maximum absolute atomic E-state index is 12.4. The molecule has 1 amide bonds. The standard InChI is InChI=1S/C19H28N2O3/c1-13-6-7-17(22)15(12-13)19(24)20-14-8-10-21(11-9-14)16-4-2-3-5-18(16)23/h6-7,12,14,16,18,22-23H,2-5,8-11H2,1H3,(H,20,24). The van der Waals surface area contributed by atoms with E-state index < -0.39 is 0 Å². The summed E-state index contributed by atoms with van der Waals surface area (Å²) in [7, 11) is 0. The monoisotopic (exact) mass is 332 g/mol. The topological polar surface area (TPSA) is 72.8 Å². The average Bonchev–Trinajstić information content (AvgIpc) is 2.58. The molecule has 0 spiro atoms. The van der Waals surface area contributed by atoms with E-state index in [9.17, 15) is 15.0 Å². The van der Waals surface area contributed by atoms with Crippen molar-refractivity contribution in [2.75, 3.05) is 13.1 Å². The number of nitrogens with one attached hydrogen (secondary N) is 1. The number of hydrogen-bond donors (Lipinski definition) is 3. The number of aliphatic hydroxyl groups is 1. The predicted octanol–water partition coefficient (Wildman–Crippen LogP) is 2.20. The molecule has 5 nitrogen and oxygen atoms in total. The van der Waals surface area contributed by atoms with Gasteiger partial charge in [0.1, 0.15) is 5.75 Å². The Balaban J connectivity index is 1.53. The molecule has 5 heteroatoms. The molecule has 0 radical (unpaired) electrons. The van der Waals surface area contributed by atoms with Gasteiger partial charge in [0.15, 0.2) is 0 Å². The van der Waals surface area contributed by atoms with E-state index >= 15 is 0 Å². The van der Waals surface area contributed by atoms with Gasteiger partial charge in [0, 0.05) is 25.2 Å². The van der Waals surface area contributed by atoms with Crippen LogP contribution in [0.15, 0.2) is 18.2 Å². The zero-order valence-corrected chi connectivity index (χ0v) is 14.4. The number of rotatable bonds is 3. The Hall–Kier alpha value is -1.59. The minimum absolute atomic E-state index is 0.0286. The predicted molar refractivity (Wildman–Crippen MR) is 93.2 cm³/mol. The Labute approximate surface area is 143 Å². The van der Waals surface area contributed by atoms with E-state index in [2.05, 4.69) is 10.2 Å². The summed E-state index contributed by atoms with van der Waals surface area (Å²) in [6.07, 6.45) is 5.90. The summed E-state index contributed by atoms with van der Waals surface area (Å²) in [5.74, 6) is -0.173. The van der Waals surface area contributed by atoms with Crippen LogP contribution in [0.25, 0.3) is 0 Å². The highest BCUT2D eigenvalue weighted by Gasteiger charge is 2.31. The van der Waals surface area contributed by atoms with E-state index in [0.717, 1.165) is 50.8 Å². The van der Waals surface area contributed by atoms with E-state index in [1.54, 1.807) is 18.2 Å². The summed E-state index contributed by atoms with van der Waals surface area (Å²) in [6, 6.07) is 5.50. The minimum Gasteiger partial charge on any atom is -0.507 e. The number of carbonyl (C=O) groups excluding carboxylic acids is 1.